The van der Waals surface area contributed by atoms with Crippen molar-refractivity contribution in [2.24, 2.45) is 0 Å². The van der Waals surface area contributed by atoms with Crippen molar-refractivity contribution in [3.05, 3.63) is 53.6 Å². The molecule has 0 aliphatic rings. The monoisotopic (exact) mass is 367 g/mol. The molecule has 0 saturated carbocycles. The quantitative estimate of drug-likeness (QED) is 0.333. The summed E-state index contributed by atoms with van der Waals surface area (Å²) in [6, 6.07) is 10.1. The Kier molecular flexibility index (Phi) is 5.58. The normalized spacial score (nSPS) is 11.0. The molecule has 0 aliphatic carbocycles. The van der Waals surface area contributed by atoms with Crippen molar-refractivity contribution in [3.63, 3.8) is 0 Å². The second-order valence-corrected chi connectivity index (χ2v) is 5.63. The highest BCUT2D eigenvalue weighted by Crippen LogP contribution is 2.31. The Balaban J connectivity index is 2.41. The lowest BCUT2D eigenvalue weighted by atomic mass is 10.1. The van der Waals surface area contributed by atoms with Crippen LogP contribution in [0.5, 0.6) is 0 Å². The molecule has 0 aliphatic heterocycles. The highest BCUT2D eigenvalue weighted by Gasteiger charge is 2.24. The minimum atomic E-state index is -3.01. The van der Waals surface area contributed by atoms with Crippen LogP contribution in [0.2, 0.25) is 0 Å². The Morgan fingerprint density at radius 2 is 1.88 bits per heavy atom. The van der Waals surface area contributed by atoms with Gasteiger partial charge in [-0.05, 0) is 24.3 Å². The predicted octanol–water partition coefficient (Wildman–Crippen LogP) is 4.87. The molecule has 2 aromatic carbocycles. The molecule has 4 N–H and O–H groups in total. The molecule has 0 radical (unpaired) electrons. The Morgan fingerprint density at radius 3 is 2.48 bits per heavy atom. The van der Waals surface area contributed by atoms with Gasteiger partial charge in [0, 0.05) is 18.2 Å². The molecule has 0 aromatic heterocycles. The molecule has 0 saturated heterocycles. The van der Waals surface area contributed by atoms with Crippen LogP contribution in [0.3, 0.4) is 0 Å². The lowest BCUT2D eigenvalue weighted by Gasteiger charge is -2.16. The molecule has 0 atom stereocenters. The zero-order valence-corrected chi connectivity index (χ0v) is 14.0. The van der Waals surface area contributed by atoms with Crippen molar-refractivity contribution in [2.75, 3.05) is 16.5 Å². The van der Waals surface area contributed by atoms with E-state index in [2.05, 4.69) is 10.6 Å². The van der Waals surface area contributed by atoms with Gasteiger partial charge in [-0.3, -0.25) is 5.41 Å². The third-order valence-corrected chi connectivity index (χ3v) is 3.61. The first-order chi connectivity index (χ1) is 11.7. The van der Waals surface area contributed by atoms with Gasteiger partial charge in [0.25, 0.3) is 5.92 Å². The summed E-state index contributed by atoms with van der Waals surface area (Å²) in [4.78, 5) is 11.6. The number of alkyl halides is 3. The third kappa shape index (κ3) is 4.67. The molecular weight excluding hydrogens is 352 g/mol. The first-order valence-corrected chi connectivity index (χ1v) is 7.78. The standard InChI is InChI=1S/C17H16ClF2N3O2/c1-17(19,20)10-4-2-5-11(8-10)22-12-6-3-7-13(15(12)16(24)25)23-14(21)9-18/h2-8,22H,9H2,1H3,(H2,21,23)(H,24,25). The summed E-state index contributed by atoms with van der Waals surface area (Å²) in [5.41, 5.74) is 0.404. The van der Waals surface area contributed by atoms with Gasteiger partial charge in [0.05, 0.1) is 17.3 Å². The maximum atomic E-state index is 13.5. The van der Waals surface area contributed by atoms with Gasteiger partial charge in [0.1, 0.15) is 11.4 Å². The average Bonchev–Trinajstić information content (AvgIpc) is 2.54. The van der Waals surface area contributed by atoms with E-state index in [-0.39, 0.29) is 34.2 Å². The van der Waals surface area contributed by atoms with Crippen LogP contribution in [0.25, 0.3) is 0 Å². The van der Waals surface area contributed by atoms with Gasteiger partial charge in [-0.1, -0.05) is 18.2 Å². The fourth-order valence-corrected chi connectivity index (χ4v) is 2.28. The van der Waals surface area contributed by atoms with E-state index >= 15 is 0 Å². The van der Waals surface area contributed by atoms with Gasteiger partial charge < -0.3 is 15.7 Å². The summed E-state index contributed by atoms with van der Waals surface area (Å²) >= 11 is 5.54. The summed E-state index contributed by atoms with van der Waals surface area (Å²) in [5.74, 6) is -4.41. The second-order valence-electron chi connectivity index (χ2n) is 5.36. The number of hydrogen-bond acceptors (Lipinski definition) is 3. The number of nitrogens with one attached hydrogen (secondary N) is 3. The average molecular weight is 368 g/mol. The number of hydrogen-bond donors (Lipinski definition) is 4. The van der Waals surface area contributed by atoms with Gasteiger partial charge in [-0.15, -0.1) is 11.6 Å². The molecule has 0 fully saturated rings. The molecule has 2 aromatic rings. The molecule has 25 heavy (non-hydrogen) atoms. The van der Waals surface area contributed by atoms with E-state index in [0.29, 0.717) is 5.69 Å². The molecule has 5 nitrogen and oxygen atoms in total. The SMILES string of the molecule is CC(F)(F)c1cccc(Nc2cccc(NC(=N)CCl)c2C(=O)O)c1. The number of carbonyl (C=O) groups is 1. The lowest BCUT2D eigenvalue weighted by Crippen LogP contribution is -2.16. The van der Waals surface area contributed by atoms with Crippen LogP contribution in [-0.4, -0.2) is 22.8 Å². The van der Waals surface area contributed by atoms with Crippen molar-refractivity contribution in [2.45, 2.75) is 12.8 Å². The fraction of sp³-hybridized carbons (Fsp3) is 0.176. The van der Waals surface area contributed by atoms with Crippen LogP contribution >= 0.6 is 11.6 Å². The first-order valence-electron chi connectivity index (χ1n) is 7.24. The predicted molar refractivity (Wildman–Crippen MR) is 94.8 cm³/mol. The van der Waals surface area contributed by atoms with Gasteiger partial charge in [0.15, 0.2) is 0 Å². The lowest BCUT2D eigenvalue weighted by molar-refractivity contribution is 0.0175. The number of carboxylic acid groups (broad SMARTS) is 1. The van der Waals surface area contributed by atoms with Crippen LogP contribution in [0.1, 0.15) is 22.8 Å². The molecule has 0 spiro atoms. The zero-order chi connectivity index (χ0) is 18.6. The zero-order valence-electron chi connectivity index (χ0n) is 13.2. The minimum absolute atomic E-state index is 0.0612. The highest BCUT2D eigenvalue weighted by atomic mass is 35.5. The van der Waals surface area contributed by atoms with Crippen molar-refractivity contribution in [3.8, 4) is 0 Å². The molecular formula is C17H16ClF2N3O2. The summed E-state index contributed by atoms with van der Waals surface area (Å²) < 4.78 is 26.9. The van der Waals surface area contributed by atoms with Crippen LogP contribution in [-0.2, 0) is 5.92 Å². The number of rotatable bonds is 6. The van der Waals surface area contributed by atoms with E-state index in [1.165, 1.54) is 30.3 Å². The minimum Gasteiger partial charge on any atom is -0.478 e. The fourth-order valence-electron chi connectivity index (χ4n) is 2.21. The number of amidine groups is 1. The maximum absolute atomic E-state index is 13.5. The summed E-state index contributed by atoms with van der Waals surface area (Å²) in [7, 11) is 0. The van der Waals surface area contributed by atoms with E-state index in [0.717, 1.165) is 6.92 Å². The number of carboxylic acids is 1. The van der Waals surface area contributed by atoms with E-state index in [4.69, 9.17) is 17.0 Å². The van der Waals surface area contributed by atoms with Crippen LogP contribution in [0, 0.1) is 5.41 Å². The Labute approximate surface area is 148 Å². The van der Waals surface area contributed by atoms with Crippen LogP contribution in [0.15, 0.2) is 42.5 Å². The number of aromatic carboxylic acids is 1. The largest absolute Gasteiger partial charge is 0.478 e. The van der Waals surface area contributed by atoms with Crippen LogP contribution in [0.4, 0.5) is 25.8 Å². The third-order valence-electron chi connectivity index (χ3n) is 3.35. The van der Waals surface area contributed by atoms with Gasteiger partial charge in [0.2, 0.25) is 0 Å². The Bertz CT molecular complexity index is 807. The van der Waals surface area contributed by atoms with Gasteiger partial charge in [-0.2, -0.15) is 0 Å². The summed E-state index contributed by atoms with van der Waals surface area (Å²) in [6.07, 6.45) is 0. The number of halogens is 3. The Hall–Kier alpha value is -2.67. The first kappa shape index (κ1) is 18.7. The van der Waals surface area contributed by atoms with Crippen LogP contribution < -0.4 is 10.6 Å². The van der Waals surface area contributed by atoms with E-state index in [1.54, 1.807) is 12.1 Å². The van der Waals surface area contributed by atoms with Gasteiger partial charge >= 0.3 is 5.97 Å². The smallest absolute Gasteiger partial charge is 0.339 e. The molecule has 0 heterocycles. The number of benzene rings is 2. The molecule has 0 bridgehead atoms. The Morgan fingerprint density at radius 1 is 1.24 bits per heavy atom. The highest BCUT2D eigenvalue weighted by molar-refractivity contribution is 6.29. The van der Waals surface area contributed by atoms with E-state index in [1.807, 2.05) is 0 Å². The second kappa shape index (κ2) is 7.48. The van der Waals surface area contributed by atoms with E-state index in [9.17, 15) is 18.7 Å². The van der Waals surface area contributed by atoms with E-state index < -0.39 is 11.9 Å². The van der Waals surface area contributed by atoms with Crippen molar-refractivity contribution in [1.82, 2.24) is 0 Å². The van der Waals surface area contributed by atoms with Crippen molar-refractivity contribution in [1.29, 1.82) is 5.41 Å². The van der Waals surface area contributed by atoms with Gasteiger partial charge in [-0.25, -0.2) is 13.6 Å². The molecule has 0 unspecified atom stereocenters. The van der Waals surface area contributed by atoms with Crippen molar-refractivity contribution < 1.29 is 18.7 Å². The molecule has 132 valence electrons. The number of anilines is 3. The summed E-state index contributed by atoms with van der Waals surface area (Å²) in [5, 5.41) is 22.5. The summed E-state index contributed by atoms with van der Waals surface area (Å²) in [6.45, 7) is 0.789. The van der Waals surface area contributed by atoms with Crippen molar-refractivity contribution >= 4 is 40.5 Å². The molecule has 0 amide bonds. The topological polar surface area (TPSA) is 85.2 Å². The molecule has 2 rings (SSSR count). The molecule has 8 heteroatoms. The maximum Gasteiger partial charge on any atom is 0.339 e.